The predicted octanol–water partition coefficient (Wildman–Crippen LogP) is 0.551. The third-order valence-electron chi connectivity index (χ3n) is 3.49. The average molecular weight is 294 g/mol. The first kappa shape index (κ1) is 15.5. The zero-order valence-corrected chi connectivity index (χ0v) is 12.5. The highest BCUT2D eigenvalue weighted by Crippen LogP contribution is 2.18. The van der Waals surface area contributed by atoms with Crippen molar-refractivity contribution < 1.29 is 14.3 Å². The number of methoxy groups -OCH3 is 1. The molecule has 2 amide bonds. The first-order valence-corrected chi connectivity index (χ1v) is 7.27. The van der Waals surface area contributed by atoms with Gasteiger partial charge in [0.2, 0.25) is 11.8 Å². The molecule has 7 heteroatoms. The van der Waals surface area contributed by atoms with Crippen molar-refractivity contribution in [3.8, 4) is 0 Å². The summed E-state index contributed by atoms with van der Waals surface area (Å²) in [6.07, 6.45) is 5.29. The fourth-order valence-corrected chi connectivity index (χ4v) is 2.38. The maximum Gasteiger partial charge on any atom is 0.249 e. The van der Waals surface area contributed by atoms with Crippen molar-refractivity contribution in [2.45, 2.75) is 38.8 Å². The number of nitrogens with one attached hydrogen (secondary N) is 1. The van der Waals surface area contributed by atoms with E-state index < -0.39 is 6.04 Å². The van der Waals surface area contributed by atoms with Gasteiger partial charge < -0.3 is 15.0 Å². The lowest BCUT2D eigenvalue weighted by atomic mass is 10.1. The zero-order valence-electron chi connectivity index (χ0n) is 12.5. The Morgan fingerprint density at radius 2 is 2.29 bits per heavy atom. The molecule has 1 unspecified atom stereocenters. The molecule has 0 aromatic carbocycles. The van der Waals surface area contributed by atoms with Gasteiger partial charge in [-0.2, -0.15) is 5.10 Å². The highest BCUT2D eigenvalue weighted by atomic mass is 16.5. The molecular weight excluding hydrogens is 272 g/mol. The van der Waals surface area contributed by atoms with Crippen LogP contribution in [0.3, 0.4) is 0 Å². The van der Waals surface area contributed by atoms with Gasteiger partial charge in [0, 0.05) is 26.3 Å². The summed E-state index contributed by atoms with van der Waals surface area (Å²) in [6.45, 7) is 3.58. The SMILES string of the molecule is CCCC1NC(=O)CCN(c2cnn(CCOC)c2)C1=O. The number of amides is 2. The molecule has 1 aliphatic rings. The number of hydrogen-bond donors (Lipinski definition) is 1. The molecule has 1 N–H and O–H groups in total. The van der Waals surface area contributed by atoms with Gasteiger partial charge in [-0.1, -0.05) is 13.3 Å². The van der Waals surface area contributed by atoms with Gasteiger partial charge in [-0.15, -0.1) is 0 Å². The summed E-state index contributed by atoms with van der Waals surface area (Å²) in [4.78, 5) is 25.9. The van der Waals surface area contributed by atoms with E-state index in [1.807, 2.05) is 13.1 Å². The highest BCUT2D eigenvalue weighted by molar-refractivity contribution is 6.01. The highest BCUT2D eigenvalue weighted by Gasteiger charge is 2.30. The van der Waals surface area contributed by atoms with E-state index in [-0.39, 0.29) is 11.8 Å². The maximum absolute atomic E-state index is 12.6. The van der Waals surface area contributed by atoms with E-state index in [4.69, 9.17) is 4.74 Å². The van der Waals surface area contributed by atoms with E-state index in [0.717, 1.165) is 12.1 Å². The molecule has 1 aromatic rings. The zero-order chi connectivity index (χ0) is 15.2. The van der Waals surface area contributed by atoms with E-state index in [9.17, 15) is 9.59 Å². The summed E-state index contributed by atoms with van der Waals surface area (Å²) in [5.41, 5.74) is 0.730. The van der Waals surface area contributed by atoms with Crippen LogP contribution in [0.2, 0.25) is 0 Å². The van der Waals surface area contributed by atoms with Crippen molar-refractivity contribution in [3.05, 3.63) is 12.4 Å². The smallest absolute Gasteiger partial charge is 0.249 e. The van der Waals surface area contributed by atoms with Crippen LogP contribution < -0.4 is 10.2 Å². The Labute approximate surface area is 124 Å². The van der Waals surface area contributed by atoms with E-state index in [1.165, 1.54) is 0 Å². The van der Waals surface area contributed by atoms with Gasteiger partial charge in [0.1, 0.15) is 6.04 Å². The minimum atomic E-state index is -0.438. The molecule has 0 saturated carbocycles. The molecule has 1 atom stereocenters. The van der Waals surface area contributed by atoms with Crippen molar-refractivity contribution in [1.29, 1.82) is 0 Å². The summed E-state index contributed by atoms with van der Waals surface area (Å²) in [5.74, 6) is -0.134. The molecule has 0 radical (unpaired) electrons. The lowest BCUT2D eigenvalue weighted by Crippen LogP contribution is -2.44. The van der Waals surface area contributed by atoms with Crippen LogP contribution in [-0.4, -0.2) is 47.9 Å². The lowest BCUT2D eigenvalue weighted by Gasteiger charge is -2.22. The van der Waals surface area contributed by atoms with Gasteiger partial charge in [-0.3, -0.25) is 14.3 Å². The number of hydrogen-bond acceptors (Lipinski definition) is 4. The molecule has 7 nitrogen and oxygen atoms in total. The second-order valence-corrected chi connectivity index (χ2v) is 5.10. The molecule has 21 heavy (non-hydrogen) atoms. The monoisotopic (exact) mass is 294 g/mol. The normalized spacial score (nSPS) is 19.5. The molecule has 1 aliphatic heterocycles. The van der Waals surface area contributed by atoms with Gasteiger partial charge in [-0.25, -0.2) is 0 Å². The third-order valence-corrected chi connectivity index (χ3v) is 3.49. The molecule has 2 rings (SSSR count). The van der Waals surface area contributed by atoms with Crippen LogP contribution in [0.25, 0.3) is 0 Å². The van der Waals surface area contributed by atoms with E-state index in [1.54, 1.807) is 22.9 Å². The first-order valence-electron chi connectivity index (χ1n) is 7.27. The summed E-state index contributed by atoms with van der Waals surface area (Å²) < 4.78 is 6.75. The van der Waals surface area contributed by atoms with Crippen molar-refractivity contribution in [3.63, 3.8) is 0 Å². The molecule has 1 aromatic heterocycles. The van der Waals surface area contributed by atoms with E-state index in [2.05, 4.69) is 10.4 Å². The molecule has 1 fully saturated rings. The van der Waals surface area contributed by atoms with E-state index >= 15 is 0 Å². The van der Waals surface area contributed by atoms with E-state index in [0.29, 0.717) is 32.5 Å². The molecule has 0 aliphatic carbocycles. The standard InChI is InChI=1S/C14H22N4O3/c1-3-4-12-14(20)18(6-5-13(19)16-12)11-9-15-17(10-11)7-8-21-2/h9-10,12H,3-8H2,1-2H3,(H,16,19). The quantitative estimate of drug-likeness (QED) is 0.831. The summed E-state index contributed by atoms with van der Waals surface area (Å²) in [5, 5.41) is 7.01. The number of ether oxygens (including phenoxy) is 1. The molecule has 0 bridgehead atoms. The Kier molecular flexibility index (Phi) is 5.32. The van der Waals surface area contributed by atoms with Crippen LogP contribution in [0, 0.1) is 0 Å². The Balaban J connectivity index is 2.14. The Hall–Kier alpha value is -1.89. The Bertz CT molecular complexity index is 500. The van der Waals surface area contributed by atoms with Crippen LogP contribution in [0.4, 0.5) is 5.69 Å². The van der Waals surface area contributed by atoms with Gasteiger partial charge in [0.05, 0.1) is 25.0 Å². The van der Waals surface area contributed by atoms with Crippen LogP contribution in [0.15, 0.2) is 12.4 Å². The average Bonchev–Trinajstić information content (AvgIpc) is 2.88. The van der Waals surface area contributed by atoms with Gasteiger partial charge in [0.15, 0.2) is 0 Å². The van der Waals surface area contributed by atoms with Crippen LogP contribution >= 0.6 is 0 Å². The fourth-order valence-electron chi connectivity index (χ4n) is 2.38. The van der Waals surface area contributed by atoms with Crippen LogP contribution in [0.5, 0.6) is 0 Å². The minimum absolute atomic E-state index is 0.0611. The largest absolute Gasteiger partial charge is 0.383 e. The van der Waals surface area contributed by atoms with Crippen molar-refractivity contribution in [1.82, 2.24) is 15.1 Å². The number of nitrogens with zero attached hydrogens (tertiary/aromatic N) is 3. The number of aromatic nitrogens is 2. The van der Waals surface area contributed by atoms with Crippen LogP contribution in [-0.2, 0) is 20.9 Å². The molecule has 0 spiro atoms. The fraction of sp³-hybridized carbons (Fsp3) is 0.643. The second-order valence-electron chi connectivity index (χ2n) is 5.10. The summed E-state index contributed by atoms with van der Waals surface area (Å²) >= 11 is 0. The molecule has 2 heterocycles. The predicted molar refractivity (Wildman–Crippen MR) is 77.9 cm³/mol. The number of carbonyl (C=O) groups is 2. The molecule has 116 valence electrons. The van der Waals surface area contributed by atoms with Crippen molar-refractivity contribution in [2.75, 3.05) is 25.2 Å². The Morgan fingerprint density at radius 1 is 1.48 bits per heavy atom. The van der Waals surface area contributed by atoms with Gasteiger partial charge in [-0.05, 0) is 6.42 Å². The first-order chi connectivity index (χ1) is 10.2. The molecule has 1 saturated heterocycles. The van der Waals surface area contributed by atoms with Crippen LogP contribution in [0.1, 0.15) is 26.2 Å². The van der Waals surface area contributed by atoms with Gasteiger partial charge in [0.25, 0.3) is 0 Å². The number of rotatable bonds is 6. The number of anilines is 1. The van der Waals surface area contributed by atoms with Gasteiger partial charge >= 0.3 is 0 Å². The topological polar surface area (TPSA) is 76.5 Å². The summed E-state index contributed by atoms with van der Waals surface area (Å²) in [6, 6.07) is -0.438. The maximum atomic E-state index is 12.6. The second kappa shape index (κ2) is 7.21. The molecular formula is C14H22N4O3. The third kappa shape index (κ3) is 3.81. The lowest BCUT2D eigenvalue weighted by molar-refractivity contribution is -0.125. The number of carbonyl (C=O) groups excluding carboxylic acids is 2. The summed E-state index contributed by atoms with van der Waals surface area (Å²) in [7, 11) is 1.63. The Morgan fingerprint density at radius 3 is 3.00 bits per heavy atom. The van der Waals surface area contributed by atoms with Crippen molar-refractivity contribution in [2.24, 2.45) is 0 Å². The van der Waals surface area contributed by atoms with Crippen molar-refractivity contribution >= 4 is 17.5 Å². The minimum Gasteiger partial charge on any atom is -0.383 e.